The fourth-order valence-electron chi connectivity index (χ4n) is 2.07. The number of methoxy groups -OCH3 is 2. The molecule has 2 N–H and O–H groups in total. The first-order valence-corrected chi connectivity index (χ1v) is 8.00. The fraction of sp³-hybridized carbons (Fsp3) is 0.235. The van der Waals surface area contributed by atoms with Gasteiger partial charge in [0.25, 0.3) is 0 Å². The first kappa shape index (κ1) is 18.2. The standard InChI is InChI=1S/C17H18Cl2N2O3/c1-23-12-4-6-16(24-2)15(10-12)20-8-7-17(22)21-14-5-3-11(18)9-13(14)19/h3-6,9-10,20H,7-8H2,1-2H3,(H,21,22). The molecular weight excluding hydrogens is 351 g/mol. The van der Waals surface area contributed by atoms with Crippen LogP contribution in [-0.4, -0.2) is 26.7 Å². The fourth-order valence-corrected chi connectivity index (χ4v) is 2.52. The molecule has 1 amide bonds. The Hall–Kier alpha value is -2.11. The van der Waals surface area contributed by atoms with E-state index in [-0.39, 0.29) is 12.3 Å². The van der Waals surface area contributed by atoms with Crippen LogP contribution in [0.25, 0.3) is 0 Å². The first-order valence-electron chi connectivity index (χ1n) is 7.24. The number of nitrogens with one attached hydrogen (secondary N) is 2. The molecule has 0 radical (unpaired) electrons. The molecule has 0 spiro atoms. The van der Waals surface area contributed by atoms with Crippen molar-refractivity contribution in [2.75, 3.05) is 31.4 Å². The van der Waals surface area contributed by atoms with Gasteiger partial charge in [0.05, 0.1) is 30.6 Å². The quantitative estimate of drug-likeness (QED) is 0.757. The normalized spacial score (nSPS) is 10.2. The topological polar surface area (TPSA) is 59.6 Å². The van der Waals surface area contributed by atoms with E-state index in [4.69, 9.17) is 32.7 Å². The highest BCUT2D eigenvalue weighted by atomic mass is 35.5. The Morgan fingerprint density at radius 1 is 1.04 bits per heavy atom. The molecule has 0 fully saturated rings. The van der Waals surface area contributed by atoms with Crippen molar-refractivity contribution in [2.24, 2.45) is 0 Å². The van der Waals surface area contributed by atoms with Gasteiger partial charge in [-0.25, -0.2) is 0 Å². The zero-order chi connectivity index (χ0) is 17.5. The summed E-state index contributed by atoms with van der Waals surface area (Å²) in [5.41, 5.74) is 1.29. The minimum Gasteiger partial charge on any atom is -0.497 e. The van der Waals surface area contributed by atoms with E-state index in [1.807, 2.05) is 6.07 Å². The van der Waals surface area contributed by atoms with Gasteiger partial charge < -0.3 is 20.1 Å². The molecule has 0 aromatic heterocycles. The van der Waals surface area contributed by atoms with Gasteiger partial charge in [0.1, 0.15) is 11.5 Å². The third-order valence-electron chi connectivity index (χ3n) is 3.28. The van der Waals surface area contributed by atoms with Crippen molar-refractivity contribution in [1.29, 1.82) is 0 Å². The molecule has 0 heterocycles. The Balaban J connectivity index is 1.90. The first-order chi connectivity index (χ1) is 11.5. The molecule has 2 rings (SSSR count). The van der Waals surface area contributed by atoms with Gasteiger partial charge in [-0.15, -0.1) is 0 Å². The van der Waals surface area contributed by atoms with Crippen LogP contribution in [0.2, 0.25) is 10.0 Å². The minimum absolute atomic E-state index is 0.159. The summed E-state index contributed by atoms with van der Waals surface area (Å²) in [6, 6.07) is 10.3. The second-order valence-corrected chi connectivity index (χ2v) is 5.76. The lowest BCUT2D eigenvalue weighted by Crippen LogP contribution is -2.16. The molecule has 0 saturated carbocycles. The number of halogens is 2. The highest BCUT2D eigenvalue weighted by Gasteiger charge is 2.08. The largest absolute Gasteiger partial charge is 0.497 e. The Bertz CT molecular complexity index is 723. The number of hydrogen-bond acceptors (Lipinski definition) is 4. The maximum Gasteiger partial charge on any atom is 0.226 e. The van der Waals surface area contributed by atoms with Gasteiger partial charge in [-0.2, -0.15) is 0 Å². The molecule has 0 atom stereocenters. The van der Waals surface area contributed by atoms with E-state index < -0.39 is 0 Å². The van der Waals surface area contributed by atoms with Crippen LogP contribution in [0.5, 0.6) is 11.5 Å². The van der Waals surface area contributed by atoms with Gasteiger partial charge >= 0.3 is 0 Å². The van der Waals surface area contributed by atoms with E-state index in [0.717, 1.165) is 5.69 Å². The van der Waals surface area contributed by atoms with Gasteiger partial charge in [-0.3, -0.25) is 4.79 Å². The van der Waals surface area contributed by atoms with Crippen molar-refractivity contribution in [1.82, 2.24) is 0 Å². The van der Waals surface area contributed by atoms with Crippen LogP contribution in [0.4, 0.5) is 11.4 Å². The number of hydrogen-bond donors (Lipinski definition) is 2. The van der Waals surface area contributed by atoms with E-state index in [2.05, 4.69) is 10.6 Å². The van der Waals surface area contributed by atoms with Crippen molar-refractivity contribution in [3.05, 3.63) is 46.4 Å². The minimum atomic E-state index is -0.159. The molecule has 0 aliphatic rings. The summed E-state index contributed by atoms with van der Waals surface area (Å²) in [7, 11) is 3.18. The number of rotatable bonds is 7. The maximum atomic E-state index is 12.0. The second kappa shape index (κ2) is 8.66. The summed E-state index contributed by atoms with van der Waals surface area (Å²) in [6.07, 6.45) is 0.263. The van der Waals surface area contributed by atoms with Crippen molar-refractivity contribution in [2.45, 2.75) is 6.42 Å². The van der Waals surface area contributed by atoms with Crippen LogP contribution < -0.4 is 20.1 Å². The number of carbonyl (C=O) groups excluding carboxylic acids is 1. The van der Waals surface area contributed by atoms with Gasteiger partial charge in [-0.05, 0) is 30.3 Å². The van der Waals surface area contributed by atoms with Crippen molar-refractivity contribution in [3.63, 3.8) is 0 Å². The van der Waals surface area contributed by atoms with Crippen molar-refractivity contribution >= 4 is 40.5 Å². The molecule has 2 aromatic carbocycles. The lowest BCUT2D eigenvalue weighted by molar-refractivity contribution is -0.115. The van der Waals surface area contributed by atoms with Gasteiger partial charge in [0.15, 0.2) is 0 Å². The summed E-state index contributed by atoms with van der Waals surface area (Å²) in [5.74, 6) is 1.22. The molecule has 128 valence electrons. The molecule has 0 saturated heterocycles. The average molecular weight is 369 g/mol. The molecule has 0 unspecified atom stereocenters. The van der Waals surface area contributed by atoms with E-state index in [0.29, 0.717) is 33.8 Å². The molecule has 24 heavy (non-hydrogen) atoms. The Morgan fingerprint density at radius 3 is 2.50 bits per heavy atom. The van der Waals surface area contributed by atoms with Gasteiger partial charge in [-0.1, -0.05) is 23.2 Å². The third-order valence-corrected chi connectivity index (χ3v) is 3.83. The number of benzene rings is 2. The summed E-state index contributed by atoms with van der Waals surface area (Å²) >= 11 is 11.9. The maximum absolute atomic E-state index is 12.0. The van der Waals surface area contributed by atoms with Crippen molar-refractivity contribution < 1.29 is 14.3 Å². The second-order valence-electron chi connectivity index (χ2n) is 4.92. The third kappa shape index (κ3) is 4.94. The van der Waals surface area contributed by atoms with Crippen molar-refractivity contribution in [3.8, 4) is 11.5 Å². The average Bonchev–Trinajstić information content (AvgIpc) is 2.57. The highest BCUT2D eigenvalue weighted by Crippen LogP contribution is 2.29. The molecule has 0 aliphatic carbocycles. The lowest BCUT2D eigenvalue weighted by atomic mass is 10.2. The molecular formula is C17H18Cl2N2O3. The molecule has 2 aromatic rings. The van der Waals surface area contributed by atoms with Crippen LogP contribution in [-0.2, 0) is 4.79 Å². The monoisotopic (exact) mass is 368 g/mol. The lowest BCUT2D eigenvalue weighted by Gasteiger charge is -2.13. The summed E-state index contributed by atoms with van der Waals surface area (Å²) in [6.45, 7) is 0.431. The SMILES string of the molecule is COc1ccc(OC)c(NCCC(=O)Nc2ccc(Cl)cc2Cl)c1. The zero-order valence-corrected chi connectivity index (χ0v) is 14.9. The predicted octanol–water partition coefficient (Wildman–Crippen LogP) is 4.45. The molecule has 0 aliphatic heterocycles. The summed E-state index contributed by atoms with van der Waals surface area (Å²) in [4.78, 5) is 12.0. The van der Waals surface area contributed by atoms with Crippen LogP contribution in [0.3, 0.4) is 0 Å². The Kier molecular flexibility index (Phi) is 6.58. The smallest absolute Gasteiger partial charge is 0.226 e. The van der Waals surface area contributed by atoms with E-state index >= 15 is 0 Å². The van der Waals surface area contributed by atoms with Crippen LogP contribution >= 0.6 is 23.2 Å². The van der Waals surface area contributed by atoms with E-state index in [1.54, 1.807) is 44.6 Å². The van der Waals surface area contributed by atoms with E-state index in [1.165, 1.54) is 0 Å². The molecule has 5 nitrogen and oxygen atoms in total. The Morgan fingerprint density at radius 2 is 1.83 bits per heavy atom. The Labute approximate surface area is 150 Å². The van der Waals surface area contributed by atoms with Crippen LogP contribution in [0, 0.1) is 0 Å². The number of amides is 1. The molecule has 7 heteroatoms. The van der Waals surface area contributed by atoms with E-state index in [9.17, 15) is 4.79 Å². The summed E-state index contributed by atoms with van der Waals surface area (Å²) < 4.78 is 10.5. The highest BCUT2D eigenvalue weighted by molar-refractivity contribution is 6.36. The number of anilines is 2. The summed E-state index contributed by atoms with van der Waals surface area (Å²) in [5, 5.41) is 6.83. The van der Waals surface area contributed by atoms with Crippen LogP contribution in [0.15, 0.2) is 36.4 Å². The zero-order valence-electron chi connectivity index (χ0n) is 13.4. The number of ether oxygens (including phenoxy) is 2. The predicted molar refractivity (Wildman–Crippen MR) is 97.7 cm³/mol. The van der Waals surface area contributed by atoms with Crippen LogP contribution in [0.1, 0.15) is 6.42 Å². The number of carbonyl (C=O) groups is 1. The van der Waals surface area contributed by atoms with Gasteiger partial charge in [0.2, 0.25) is 5.91 Å². The van der Waals surface area contributed by atoms with Gasteiger partial charge in [0, 0.05) is 24.1 Å². The molecule has 0 bridgehead atoms.